The Balaban J connectivity index is 1.41. The van der Waals surface area contributed by atoms with Crippen LogP contribution in [0.2, 0.25) is 0 Å². The van der Waals surface area contributed by atoms with Crippen LogP contribution in [-0.4, -0.2) is 58.2 Å². The molecule has 0 radical (unpaired) electrons. The minimum absolute atomic E-state index is 0.0599. The zero-order chi connectivity index (χ0) is 22.5. The van der Waals surface area contributed by atoms with Crippen LogP contribution in [0.5, 0.6) is 0 Å². The summed E-state index contributed by atoms with van der Waals surface area (Å²) in [6.07, 6.45) is 4.20. The molecule has 1 aliphatic rings. The number of nitrogens with one attached hydrogen (secondary N) is 1. The Morgan fingerprint density at radius 3 is 2.56 bits per heavy atom. The van der Waals surface area contributed by atoms with Gasteiger partial charge in [0.05, 0.1) is 17.2 Å². The third-order valence-electron chi connectivity index (χ3n) is 5.68. The van der Waals surface area contributed by atoms with Crippen LogP contribution in [0.3, 0.4) is 0 Å². The van der Waals surface area contributed by atoms with Gasteiger partial charge >= 0.3 is 6.03 Å². The van der Waals surface area contributed by atoms with Crippen molar-refractivity contribution < 1.29 is 4.79 Å². The predicted octanol–water partition coefficient (Wildman–Crippen LogP) is 2.52. The van der Waals surface area contributed by atoms with Gasteiger partial charge in [0.1, 0.15) is 0 Å². The lowest BCUT2D eigenvalue weighted by molar-refractivity contribution is 0.194. The molecule has 8 nitrogen and oxygen atoms in total. The molecule has 1 N–H and O–H groups in total. The highest BCUT2D eigenvalue weighted by molar-refractivity contribution is 5.76. The van der Waals surface area contributed by atoms with E-state index in [1.54, 1.807) is 21.9 Å². The normalized spacial score (nSPS) is 14.2. The molecule has 3 aromatic rings. The van der Waals surface area contributed by atoms with Crippen molar-refractivity contribution in [3.05, 3.63) is 64.7 Å². The van der Waals surface area contributed by atoms with Gasteiger partial charge in [-0.05, 0) is 24.0 Å². The highest BCUT2D eigenvalue weighted by Gasteiger charge is 2.25. The van der Waals surface area contributed by atoms with Gasteiger partial charge < -0.3 is 19.7 Å². The van der Waals surface area contributed by atoms with Crippen LogP contribution >= 0.6 is 0 Å². The Kier molecular flexibility index (Phi) is 6.68. The summed E-state index contributed by atoms with van der Waals surface area (Å²) in [4.78, 5) is 38.4. The smallest absolute Gasteiger partial charge is 0.317 e. The van der Waals surface area contributed by atoms with Crippen molar-refractivity contribution >= 4 is 22.9 Å². The van der Waals surface area contributed by atoms with Crippen molar-refractivity contribution in [1.29, 1.82) is 0 Å². The molecule has 32 heavy (non-hydrogen) atoms. The number of nitrogens with zero attached hydrogens (tertiary/aromatic N) is 5. The number of pyridine rings is 1. The SMILES string of the molecule is CC(C)Cn1c(=O)c(N2CCN(C(=O)NCCc3ccccc3)CC2)nc2ccncc21. The van der Waals surface area contributed by atoms with Gasteiger partial charge in [0.15, 0.2) is 5.82 Å². The zero-order valence-electron chi connectivity index (χ0n) is 18.7. The van der Waals surface area contributed by atoms with Crippen LogP contribution in [0.15, 0.2) is 53.6 Å². The number of fused-ring (bicyclic) bond motifs is 1. The van der Waals surface area contributed by atoms with E-state index in [-0.39, 0.29) is 11.6 Å². The standard InChI is InChI=1S/C24H30N6O2/c1-18(2)17-30-21-16-25-10-9-20(21)27-22(23(30)31)28-12-14-29(15-13-28)24(32)26-11-8-19-6-4-3-5-7-19/h3-7,9-10,16,18H,8,11-15,17H2,1-2H3,(H,26,32). The average Bonchev–Trinajstić information content (AvgIpc) is 2.81. The third kappa shape index (κ3) is 4.90. The quantitative estimate of drug-likeness (QED) is 0.645. The summed E-state index contributed by atoms with van der Waals surface area (Å²) < 4.78 is 1.78. The summed E-state index contributed by atoms with van der Waals surface area (Å²) >= 11 is 0. The largest absolute Gasteiger partial charge is 0.348 e. The van der Waals surface area contributed by atoms with Gasteiger partial charge in [0.25, 0.3) is 5.56 Å². The molecule has 4 rings (SSSR count). The van der Waals surface area contributed by atoms with Gasteiger partial charge in [-0.2, -0.15) is 0 Å². The van der Waals surface area contributed by atoms with E-state index in [4.69, 9.17) is 0 Å². The first kappa shape index (κ1) is 21.8. The number of piperazine rings is 1. The second kappa shape index (κ2) is 9.80. The average molecular weight is 435 g/mol. The summed E-state index contributed by atoms with van der Waals surface area (Å²) in [6.45, 7) is 7.64. The fraction of sp³-hybridized carbons (Fsp3) is 0.417. The highest BCUT2D eigenvalue weighted by atomic mass is 16.2. The van der Waals surface area contributed by atoms with Crippen molar-refractivity contribution in [2.45, 2.75) is 26.8 Å². The summed E-state index contributed by atoms with van der Waals surface area (Å²) in [5.41, 5.74) is 2.62. The molecule has 1 saturated heterocycles. The number of carbonyl (C=O) groups excluding carboxylic acids is 1. The lowest BCUT2D eigenvalue weighted by Crippen LogP contribution is -2.53. The highest BCUT2D eigenvalue weighted by Crippen LogP contribution is 2.16. The van der Waals surface area contributed by atoms with Gasteiger partial charge in [-0.1, -0.05) is 44.2 Å². The number of hydrogen-bond donors (Lipinski definition) is 1. The molecule has 1 fully saturated rings. The number of urea groups is 1. The first-order valence-electron chi connectivity index (χ1n) is 11.2. The zero-order valence-corrected chi connectivity index (χ0v) is 18.7. The van der Waals surface area contributed by atoms with E-state index in [0.29, 0.717) is 51.0 Å². The fourth-order valence-corrected chi connectivity index (χ4v) is 4.02. The summed E-state index contributed by atoms with van der Waals surface area (Å²) in [5.74, 6) is 0.774. The number of benzene rings is 1. The van der Waals surface area contributed by atoms with Crippen LogP contribution in [0, 0.1) is 5.92 Å². The predicted molar refractivity (Wildman–Crippen MR) is 126 cm³/mol. The van der Waals surface area contributed by atoms with Crippen molar-refractivity contribution in [3.63, 3.8) is 0 Å². The van der Waals surface area contributed by atoms with Crippen molar-refractivity contribution in [3.8, 4) is 0 Å². The van der Waals surface area contributed by atoms with E-state index >= 15 is 0 Å². The Bertz CT molecular complexity index is 1120. The van der Waals surface area contributed by atoms with Gasteiger partial charge in [-0.15, -0.1) is 0 Å². The molecule has 2 amide bonds. The summed E-state index contributed by atoms with van der Waals surface area (Å²) in [5, 5.41) is 3.00. The molecule has 0 aliphatic carbocycles. The fourth-order valence-electron chi connectivity index (χ4n) is 4.02. The van der Waals surface area contributed by atoms with Gasteiger partial charge in [-0.25, -0.2) is 9.78 Å². The number of anilines is 1. The van der Waals surface area contributed by atoms with Crippen molar-refractivity contribution in [2.24, 2.45) is 5.92 Å². The van der Waals surface area contributed by atoms with Crippen molar-refractivity contribution in [1.82, 2.24) is 24.8 Å². The van der Waals surface area contributed by atoms with E-state index in [2.05, 4.69) is 41.3 Å². The van der Waals surface area contributed by atoms with Gasteiger partial charge in [0, 0.05) is 45.5 Å². The molecule has 1 aromatic carbocycles. The van der Waals surface area contributed by atoms with E-state index in [1.807, 2.05) is 29.2 Å². The number of amides is 2. The van der Waals surface area contributed by atoms with Crippen molar-refractivity contribution in [2.75, 3.05) is 37.6 Å². The second-order valence-electron chi connectivity index (χ2n) is 8.55. The van der Waals surface area contributed by atoms with Crippen LogP contribution < -0.4 is 15.8 Å². The van der Waals surface area contributed by atoms with Crippen LogP contribution in [-0.2, 0) is 13.0 Å². The first-order chi connectivity index (χ1) is 15.5. The molecule has 2 aromatic heterocycles. The monoisotopic (exact) mass is 434 g/mol. The molecule has 0 spiro atoms. The molecule has 0 unspecified atom stereocenters. The lowest BCUT2D eigenvalue weighted by Gasteiger charge is -2.35. The maximum absolute atomic E-state index is 13.2. The number of rotatable bonds is 6. The van der Waals surface area contributed by atoms with Crippen LogP contribution in [0.1, 0.15) is 19.4 Å². The Morgan fingerprint density at radius 1 is 1.09 bits per heavy atom. The molecule has 8 heteroatoms. The molecule has 0 atom stereocenters. The maximum atomic E-state index is 13.2. The second-order valence-corrected chi connectivity index (χ2v) is 8.55. The number of carbonyl (C=O) groups is 1. The Hall–Kier alpha value is -3.42. The molecular formula is C24H30N6O2. The van der Waals surface area contributed by atoms with Crippen LogP contribution in [0.25, 0.3) is 11.0 Å². The maximum Gasteiger partial charge on any atom is 0.317 e. The van der Waals surface area contributed by atoms with E-state index < -0.39 is 0 Å². The minimum Gasteiger partial charge on any atom is -0.348 e. The third-order valence-corrected chi connectivity index (χ3v) is 5.68. The topological polar surface area (TPSA) is 83.4 Å². The molecular weight excluding hydrogens is 404 g/mol. The van der Waals surface area contributed by atoms with E-state index in [9.17, 15) is 9.59 Å². The minimum atomic E-state index is -0.0973. The molecule has 168 valence electrons. The van der Waals surface area contributed by atoms with E-state index in [1.165, 1.54) is 5.56 Å². The van der Waals surface area contributed by atoms with Gasteiger partial charge in [-0.3, -0.25) is 9.78 Å². The van der Waals surface area contributed by atoms with Gasteiger partial charge in [0.2, 0.25) is 0 Å². The van der Waals surface area contributed by atoms with E-state index in [0.717, 1.165) is 17.5 Å². The summed E-state index contributed by atoms with van der Waals surface area (Å²) in [7, 11) is 0. The Morgan fingerprint density at radius 2 is 1.84 bits per heavy atom. The molecule has 0 saturated carbocycles. The van der Waals surface area contributed by atoms with Crippen LogP contribution in [0.4, 0.5) is 10.6 Å². The summed E-state index contributed by atoms with van der Waals surface area (Å²) in [6, 6.07) is 11.9. The molecule has 1 aliphatic heterocycles. The molecule has 3 heterocycles. The lowest BCUT2D eigenvalue weighted by atomic mass is 10.1. The number of aromatic nitrogens is 3. The molecule has 0 bridgehead atoms. The Labute approximate surface area is 187 Å². The number of hydrogen-bond acceptors (Lipinski definition) is 5. The first-order valence-corrected chi connectivity index (χ1v) is 11.2.